The maximum Gasteiger partial charge on any atom is 0.488 e. The fourth-order valence-corrected chi connectivity index (χ4v) is 1.41. The molecule has 4 nitrogen and oxygen atoms in total. The summed E-state index contributed by atoms with van der Waals surface area (Å²) in [5.74, 6) is -0.103. The molecular weight excluding hydrogens is 169 g/mol. The van der Waals surface area contributed by atoms with Gasteiger partial charge in [0.15, 0.2) is 0 Å². The summed E-state index contributed by atoms with van der Waals surface area (Å²) in [4.78, 5) is 11.1. The molecule has 0 spiro atoms. The Bertz CT molecular complexity index is 364. The van der Waals surface area contributed by atoms with Crippen LogP contribution in [-0.4, -0.2) is 23.1 Å². The van der Waals surface area contributed by atoms with Crippen molar-refractivity contribution in [2.75, 3.05) is 0 Å². The molecule has 1 aliphatic heterocycles. The lowest BCUT2D eigenvalue weighted by atomic mass is 9.79. The Hall–Kier alpha value is -1.33. The topological polar surface area (TPSA) is 69.6 Å². The van der Waals surface area contributed by atoms with Crippen LogP contribution >= 0.6 is 0 Å². The Morgan fingerprint density at radius 2 is 2.15 bits per heavy atom. The highest BCUT2D eigenvalue weighted by molar-refractivity contribution is 6.58. The van der Waals surface area contributed by atoms with Gasteiger partial charge in [-0.25, -0.2) is 0 Å². The maximum atomic E-state index is 11.1. The molecule has 0 fully saturated rings. The standard InChI is InChI=1S/C8H8BNO3/c11-8-7-2-1-6(9(12)13)3-5(7)4-10-8/h1-3,12-13H,4H2,(H,10,11). The lowest BCUT2D eigenvalue weighted by molar-refractivity contribution is 0.0965. The zero-order valence-corrected chi connectivity index (χ0v) is 6.82. The van der Waals surface area contributed by atoms with Gasteiger partial charge in [0.1, 0.15) is 0 Å². The van der Waals surface area contributed by atoms with Crippen LogP contribution in [0.4, 0.5) is 0 Å². The first-order valence-electron chi connectivity index (χ1n) is 3.95. The van der Waals surface area contributed by atoms with Crippen molar-refractivity contribution in [3.8, 4) is 0 Å². The van der Waals surface area contributed by atoms with E-state index in [1.807, 2.05) is 0 Å². The Morgan fingerprint density at radius 3 is 2.85 bits per heavy atom. The summed E-state index contributed by atoms with van der Waals surface area (Å²) in [5, 5.41) is 20.4. The number of benzene rings is 1. The van der Waals surface area contributed by atoms with Crippen molar-refractivity contribution < 1.29 is 14.8 Å². The first kappa shape index (κ1) is 8.28. The third-order valence-electron chi connectivity index (χ3n) is 2.11. The molecule has 1 aliphatic rings. The second kappa shape index (κ2) is 2.87. The lowest BCUT2D eigenvalue weighted by Gasteiger charge is -2.00. The number of fused-ring (bicyclic) bond motifs is 1. The zero-order chi connectivity index (χ0) is 9.42. The molecule has 0 saturated heterocycles. The zero-order valence-electron chi connectivity index (χ0n) is 6.82. The molecule has 13 heavy (non-hydrogen) atoms. The van der Waals surface area contributed by atoms with Crippen LogP contribution in [0.25, 0.3) is 0 Å². The molecule has 0 saturated carbocycles. The first-order valence-corrected chi connectivity index (χ1v) is 3.95. The van der Waals surface area contributed by atoms with Crippen LogP contribution in [0.2, 0.25) is 0 Å². The molecule has 1 aromatic rings. The van der Waals surface area contributed by atoms with E-state index in [4.69, 9.17) is 10.0 Å². The number of hydrogen-bond donors (Lipinski definition) is 3. The molecule has 66 valence electrons. The third kappa shape index (κ3) is 1.32. The van der Waals surface area contributed by atoms with Crippen molar-refractivity contribution in [1.82, 2.24) is 5.32 Å². The lowest BCUT2D eigenvalue weighted by Crippen LogP contribution is -2.30. The van der Waals surface area contributed by atoms with E-state index in [-0.39, 0.29) is 5.91 Å². The molecule has 0 unspecified atom stereocenters. The molecule has 5 heteroatoms. The van der Waals surface area contributed by atoms with Gasteiger partial charge in [-0.3, -0.25) is 4.79 Å². The van der Waals surface area contributed by atoms with E-state index in [2.05, 4.69) is 5.32 Å². The van der Waals surface area contributed by atoms with Crippen LogP contribution in [0.1, 0.15) is 15.9 Å². The fourth-order valence-electron chi connectivity index (χ4n) is 1.41. The minimum absolute atomic E-state index is 0.103. The van der Waals surface area contributed by atoms with Gasteiger partial charge in [-0.15, -0.1) is 0 Å². The second-order valence-corrected chi connectivity index (χ2v) is 2.97. The third-order valence-corrected chi connectivity index (χ3v) is 2.11. The highest BCUT2D eigenvalue weighted by Gasteiger charge is 2.21. The molecule has 0 aromatic heterocycles. The maximum absolute atomic E-state index is 11.1. The van der Waals surface area contributed by atoms with Crippen molar-refractivity contribution in [3.63, 3.8) is 0 Å². The molecule has 0 radical (unpaired) electrons. The van der Waals surface area contributed by atoms with Gasteiger partial charge in [-0.2, -0.15) is 0 Å². The van der Waals surface area contributed by atoms with Gasteiger partial charge in [0.25, 0.3) is 5.91 Å². The van der Waals surface area contributed by atoms with Crippen molar-refractivity contribution in [2.24, 2.45) is 0 Å². The first-order chi connectivity index (χ1) is 6.18. The molecule has 1 aromatic carbocycles. The van der Waals surface area contributed by atoms with Crippen LogP contribution in [0, 0.1) is 0 Å². The average molecular weight is 177 g/mol. The van der Waals surface area contributed by atoms with Gasteiger partial charge in [0.2, 0.25) is 0 Å². The number of rotatable bonds is 1. The highest BCUT2D eigenvalue weighted by Crippen LogP contribution is 2.12. The number of carbonyl (C=O) groups excluding carboxylic acids is 1. The second-order valence-electron chi connectivity index (χ2n) is 2.97. The smallest absolute Gasteiger partial charge is 0.423 e. The van der Waals surface area contributed by atoms with Gasteiger partial charge >= 0.3 is 7.12 Å². The normalized spacial score (nSPS) is 13.8. The van der Waals surface area contributed by atoms with Crippen molar-refractivity contribution in [1.29, 1.82) is 0 Å². The van der Waals surface area contributed by atoms with Crippen LogP contribution in [0.15, 0.2) is 18.2 Å². The summed E-state index contributed by atoms with van der Waals surface area (Å²) in [7, 11) is -1.47. The Labute approximate surface area is 75.3 Å². The van der Waals surface area contributed by atoms with E-state index in [1.54, 1.807) is 12.1 Å². The number of hydrogen-bond acceptors (Lipinski definition) is 3. The number of nitrogens with one attached hydrogen (secondary N) is 1. The molecule has 3 N–H and O–H groups in total. The van der Waals surface area contributed by atoms with E-state index >= 15 is 0 Å². The van der Waals surface area contributed by atoms with E-state index in [1.165, 1.54) is 6.07 Å². The van der Waals surface area contributed by atoms with Crippen LogP contribution in [0.5, 0.6) is 0 Å². The highest BCUT2D eigenvalue weighted by atomic mass is 16.4. The van der Waals surface area contributed by atoms with E-state index in [9.17, 15) is 4.79 Å². The predicted octanol–water partition coefficient (Wildman–Crippen LogP) is -1.39. The van der Waals surface area contributed by atoms with Gasteiger partial charge in [0, 0.05) is 12.1 Å². The molecule has 0 bridgehead atoms. The van der Waals surface area contributed by atoms with Crippen LogP contribution < -0.4 is 10.8 Å². The molecular formula is C8H8BNO3. The van der Waals surface area contributed by atoms with Crippen molar-refractivity contribution in [3.05, 3.63) is 29.3 Å². The van der Waals surface area contributed by atoms with E-state index in [0.29, 0.717) is 17.6 Å². The van der Waals surface area contributed by atoms with E-state index < -0.39 is 7.12 Å². The Kier molecular flexibility index (Phi) is 1.83. The largest absolute Gasteiger partial charge is 0.488 e. The van der Waals surface area contributed by atoms with Crippen LogP contribution in [-0.2, 0) is 6.54 Å². The fraction of sp³-hybridized carbons (Fsp3) is 0.125. The summed E-state index contributed by atoms with van der Waals surface area (Å²) in [6.07, 6.45) is 0. The summed E-state index contributed by atoms with van der Waals surface area (Å²) >= 11 is 0. The predicted molar refractivity (Wildman–Crippen MR) is 47.4 cm³/mol. The number of amides is 1. The van der Waals surface area contributed by atoms with Crippen molar-refractivity contribution in [2.45, 2.75) is 6.54 Å². The average Bonchev–Trinajstić information content (AvgIpc) is 2.47. The van der Waals surface area contributed by atoms with Gasteiger partial charge in [0.05, 0.1) is 0 Å². The summed E-state index contributed by atoms with van der Waals surface area (Å²) in [6.45, 7) is 0.467. The van der Waals surface area contributed by atoms with Crippen molar-refractivity contribution >= 4 is 18.5 Å². The Morgan fingerprint density at radius 1 is 1.38 bits per heavy atom. The summed E-state index contributed by atoms with van der Waals surface area (Å²) in [6, 6.07) is 4.76. The quantitative estimate of drug-likeness (QED) is 0.462. The summed E-state index contributed by atoms with van der Waals surface area (Å²) in [5.41, 5.74) is 1.84. The minimum Gasteiger partial charge on any atom is -0.423 e. The monoisotopic (exact) mass is 177 g/mol. The minimum atomic E-state index is -1.47. The SMILES string of the molecule is O=C1NCc2cc(B(O)O)ccc21. The summed E-state index contributed by atoms with van der Waals surface area (Å²) < 4.78 is 0. The van der Waals surface area contributed by atoms with E-state index in [0.717, 1.165) is 5.56 Å². The molecule has 1 amide bonds. The number of carbonyl (C=O) groups is 1. The molecule has 2 rings (SSSR count). The molecule has 0 atom stereocenters. The molecule has 1 heterocycles. The Balaban J connectivity index is 2.45. The molecule has 0 aliphatic carbocycles. The van der Waals surface area contributed by atoms with Gasteiger partial charge < -0.3 is 15.4 Å². The van der Waals surface area contributed by atoms with Gasteiger partial charge in [-0.05, 0) is 17.1 Å². The van der Waals surface area contributed by atoms with Gasteiger partial charge in [-0.1, -0.05) is 12.1 Å². The van der Waals surface area contributed by atoms with Crippen LogP contribution in [0.3, 0.4) is 0 Å².